The number of aromatic carboxylic acids is 1. The van der Waals surface area contributed by atoms with Crippen LogP contribution in [0.2, 0.25) is 0 Å². The summed E-state index contributed by atoms with van der Waals surface area (Å²) in [7, 11) is 0. The Morgan fingerprint density at radius 2 is 1.88 bits per heavy atom. The van der Waals surface area contributed by atoms with Gasteiger partial charge in [0.25, 0.3) is 11.5 Å². The molecule has 0 aliphatic heterocycles. The molecule has 0 unspecified atom stereocenters. The zero-order chi connectivity index (χ0) is 17.9. The second-order valence-corrected chi connectivity index (χ2v) is 4.96. The third-order valence-electron chi connectivity index (χ3n) is 3.34. The normalized spacial score (nSPS) is 11.8. The number of rotatable bonds is 4. The molecule has 1 aromatic carbocycles. The fraction of sp³-hybridized carbons (Fsp3) is 0.267. The summed E-state index contributed by atoms with van der Waals surface area (Å²) in [6.07, 6.45) is 0. The van der Waals surface area contributed by atoms with E-state index in [9.17, 15) is 24.3 Å². The van der Waals surface area contributed by atoms with Crippen molar-refractivity contribution in [2.45, 2.75) is 19.9 Å². The topological polar surface area (TPSA) is 133 Å². The maximum Gasteiger partial charge on any atom is 0.321 e. The van der Waals surface area contributed by atoms with E-state index in [2.05, 4.69) is 15.7 Å². The fourth-order valence-electron chi connectivity index (χ4n) is 2.15. The van der Waals surface area contributed by atoms with Gasteiger partial charge in [0.05, 0.1) is 11.4 Å². The van der Waals surface area contributed by atoms with Crippen molar-refractivity contribution >= 4 is 28.7 Å². The Labute approximate surface area is 136 Å². The van der Waals surface area contributed by atoms with Crippen molar-refractivity contribution in [1.29, 1.82) is 0 Å². The van der Waals surface area contributed by atoms with Crippen molar-refractivity contribution in [2.75, 3.05) is 6.54 Å². The number of hydrogen-bond donors (Lipinski definition) is 2. The summed E-state index contributed by atoms with van der Waals surface area (Å²) >= 11 is 0. The highest BCUT2D eigenvalue weighted by Gasteiger charge is 2.22. The first-order chi connectivity index (χ1) is 11.4. The number of carbonyl (C=O) groups excluding carboxylic acids is 3. The van der Waals surface area contributed by atoms with Crippen LogP contribution in [-0.4, -0.2) is 34.2 Å². The fourth-order valence-corrected chi connectivity index (χ4v) is 2.15. The van der Waals surface area contributed by atoms with E-state index in [1.807, 2.05) is 0 Å². The summed E-state index contributed by atoms with van der Waals surface area (Å²) in [5.74, 6) is -2.37. The van der Waals surface area contributed by atoms with E-state index >= 15 is 0 Å². The average molecular weight is 331 g/mol. The third kappa shape index (κ3) is 3.24. The number of urea groups is 1. The molecule has 24 heavy (non-hydrogen) atoms. The molecule has 0 saturated carbocycles. The van der Waals surface area contributed by atoms with E-state index < -0.39 is 35.2 Å². The first-order valence-corrected chi connectivity index (χ1v) is 7.18. The van der Waals surface area contributed by atoms with Gasteiger partial charge in [0, 0.05) is 11.9 Å². The Morgan fingerprint density at radius 3 is 2.46 bits per heavy atom. The van der Waals surface area contributed by atoms with Gasteiger partial charge in [-0.15, -0.1) is 0 Å². The van der Waals surface area contributed by atoms with Crippen LogP contribution < -0.4 is 21.3 Å². The zero-order valence-corrected chi connectivity index (χ0v) is 13.0. The molecule has 0 fully saturated rings. The van der Waals surface area contributed by atoms with E-state index in [0.717, 1.165) is 4.68 Å². The summed E-state index contributed by atoms with van der Waals surface area (Å²) in [4.78, 5) is 47.2. The molecular weight excluding hydrogens is 316 g/mol. The Morgan fingerprint density at radius 1 is 1.25 bits per heavy atom. The monoisotopic (exact) mass is 331 g/mol. The molecule has 2 aromatic rings. The minimum atomic E-state index is -1.57. The number of carbonyl (C=O) groups is 3. The van der Waals surface area contributed by atoms with Crippen molar-refractivity contribution in [1.82, 2.24) is 20.4 Å². The highest BCUT2D eigenvalue weighted by molar-refractivity contribution is 6.00. The maximum absolute atomic E-state index is 12.5. The molecule has 126 valence electrons. The largest absolute Gasteiger partial charge is 0.543 e. The van der Waals surface area contributed by atoms with Crippen LogP contribution in [0.25, 0.3) is 10.8 Å². The molecule has 0 radical (unpaired) electrons. The van der Waals surface area contributed by atoms with Crippen LogP contribution in [0.3, 0.4) is 0 Å². The minimum absolute atomic E-state index is 0.0874. The van der Waals surface area contributed by atoms with Crippen LogP contribution in [0.1, 0.15) is 30.4 Å². The van der Waals surface area contributed by atoms with E-state index in [0.29, 0.717) is 6.54 Å². The van der Waals surface area contributed by atoms with Gasteiger partial charge >= 0.3 is 6.03 Å². The van der Waals surface area contributed by atoms with Crippen LogP contribution in [0, 0.1) is 0 Å². The van der Waals surface area contributed by atoms with Crippen molar-refractivity contribution in [2.24, 2.45) is 0 Å². The second-order valence-electron chi connectivity index (χ2n) is 4.96. The summed E-state index contributed by atoms with van der Waals surface area (Å²) in [6.45, 7) is 3.32. The number of amides is 3. The standard InChI is InChI=1S/C15H16N4O5/c1-3-16-15(24)17-12(20)8(2)19-13(21)10-7-5-4-6-9(10)11(18-19)14(22)23/h4-8H,3H2,1-2H3,(H,22,23)(H2,16,17,20,24)/p-1/t8-/m0/s1. The Hall–Kier alpha value is -3.23. The van der Waals surface area contributed by atoms with Gasteiger partial charge in [-0.2, -0.15) is 5.10 Å². The zero-order valence-electron chi connectivity index (χ0n) is 13.0. The Balaban J connectivity index is 2.50. The molecular formula is C15H15N4O5-. The number of aromatic nitrogens is 2. The van der Waals surface area contributed by atoms with Gasteiger partial charge in [-0.05, 0) is 19.9 Å². The van der Waals surface area contributed by atoms with Crippen LogP contribution >= 0.6 is 0 Å². The summed E-state index contributed by atoms with van der Waals surface area (Å²) in [5.41, 5.74) is -1.10. The lowest BCUT2D eigenvalue weighted by Gasteiger charge is -2.16. The van der Waals surface area contributed by atoms with E-state index in [-0.39, 0.29) is 10.8 Å². The number of imide groups is 1. The average Bonchev–Trinajstić information content (AvgIpc) is 2.54. The maximum atomic E-state index is 12.5. The first kappa shape index (κ1) is 17.1. The SMILES string of the molecule is CCNC(=O)NC(=O)[C@H](C)n1nc(C(=O)[O-])c2ccccc2c1=O. The van der Waals surface area contributed by atoms with E-state index in [4.69, 9.17) is 0 Å². The van der Waals surface area contributed by atoms with Crippen molar-refractivity contribution in [3.8, 4) is 0 Å². The molecule has 0 bridgehead atoms. The lowest BCUT2D eigenvalue weighted by Crippen LogP contribution is -2.44. The Bertz CT molecular complexity index is 874. The Kier molecular flexibility index (Phi) is 4.93. The first-order valence-electron chi connectivity index (χ1n) is 7.18. The number of carboxylic acids is 1. The lowest BCUT2D eigenvalue weighted by atomic mass is 10.1. The van der Waals surface area contributed by atoms with Gasteiger partial charge in [0.15, 0.2) is 0 Å². The van der Waals surface area contributed by atoms with Crippen LogP contribution in [0.15, 0.2) is 29.1 Å². The molecule has 1 atom stereocenters. The van der Waals surface area contributed by atoms with Crippen LogP contribution in [-0.2, 0) is 4.79 Å². The van der Waals surface area contributed by atoms with Gasteiger partial charge in [-0.1, -0.05) is 18.2 Å². The number of nitrogens with one attached hydrogen (secondary N) is 2. The van der Waals surface area contributed by atoms with Gasteiger partial charge < -0.3 is 15.2 Å². The van der Waals surface area contributed by atoms with Crippen molar-refractivity contribution in [3.05, 3.63) is 40.3 Å². The molecule has 0 saturated heterocycles. The van der Waals surface area contributed by atoms with Gasteiger partial charge in [0.1, 0.15) is 11.7 Å². The van der Waals surface area contributed by atoms with Gasteiger partial charge in [0.2, 0.25) is 0 Å². The molecule has 0 spiro atoms. The number of fused-ring (bicyclic) bond motifs is 1. The molecule has 0 aliphatic carbocycles. The highest BCUT2D eigenvalue weighted by Crippen LogP contribution is 2.14. The number of hydrogen-bond acceptors (Lipinski definition) is 6. The second kappa shape index (κ2) is 6.90. The minimum Gasteiger partial charge on any atom is -0.543 e. The van der Waals surface area contributed by atoms with Crippen LogP contribution in [0.4, 0.5) is 4.79 Å². The number of carboxylic acid groups (broad SMARTS) is 1. The molecule has 1 aromatic heterocycles. The quantitative estimate of drug-likeness (QED) is 0.751. The molecule has 2 rings (SSSR count). The summed E-state index contributed by atoms with van der Waals surface area (Å²) < 4.78 is 0.724. The smallest absolute Gasteiger partial charge is 0.321 e. The predicted octanol–water partition coefficient (Wildman–Crippen LogP) is -0.833. The molecule has 2 N–H and O–H groups in total. The van der Waals surface area contributed by atoms with Gasteiger partial charge in [-0.25, -0.2) is 9.48 Å². The van der Waals surface area contributed by atoms with E-state index in [1.54, 1.807) is 19.1 Å². The van der Waals surface area contributed by atoms with Gasteiger partial charge in [-0.3, -0.25) is 14.9 Å². The molecule has 9 nitrogen and oxygen atoms in total. The lowest BCUT2D eigenvalue weighted by molar-refractivity contribution is -0.255. The molecule has 3 amide bonds. The highest BCUT2D eigenvalue weighted by atomic mass is 16.4. The predicted molar refractivity (Wildman–Crippen MR) is 82.3 cm³/mol. The number of nitrogens with zero attached hydrogens (tertiary/aromatic N) is 2. The summed E-state index contributed by atoms with van der Waals surface area (Å²) in [5, 5.41) is 19.6. The van der Waals surface area contributed by atoms with Crippen LogP contribution in [0.5, 0.6) is 0 Å². The third-order valence-corrected chi connectivity index (χ3v) is 3.34. The summed E-state index contributed by atoms with van der Waals surface area (Å²) in [6, 6.07) is 4.07. The number of benzene rings is 1. The molecule has 0 aliphatic rings. The van der Waals surface area contributed by atoms with E-state index in [1.165, 1.54) is 19.1 Å². The molecule has 1 heterocycles. The molecule has 9 heteroatoms. The van der Waals surface area contributed by atoms with Crippen molar-refractivity contribution in [3.63, 3.8) is 0 Å². The van der Waals surface area contributed by atoms with Crippen molar-refractivity contribution < 1.29 is 19.5 Å².